The van der Waals surface area contributed by atoms with Crippen molar-refractivity contribution in [1.82, 2.24) is 0 Å². The Balaban J connectivity index is 1.91. The summed E-state index contributed by atoms with van der Waals surface area (Å²) in [4.78, 5) is 12.5. The lowest BCUT2D eigenvalue weighted by Crippen LogP contribution is -2.06. The molecule has 0 atom stereocenters. The van der Waals surface area contributed by atoms with Crippen molar-refractivity contribution < 1.29 is 13.9 Å². The maximum atomic E-state index is 12.5. The van der Waals surface area contributed by atoms with Crippen molar-refractivity contribution in [2.24, 2.45) is 0 Å². The van der Waals surface area contributed by atoms with E-state index in [-0.39, 0.29) is 23.4 Å². The van der Waals surface area contributed by atoms with Crippen LogP contribution in [-0.4, -0.2) is 6.79 Å². The molecule has 6 heteroatoms. The lowest BCUT2D eigenvalue weighted by atomic mass is 9.93. The molecule has 0 saturated carbocycles. The van der Waals surface area contributed by atoms with Crippen LogP contribution in [0.3, 0.4) is 0 Å². The normalized spacial score (nSPS) is 12.4. The summed E-state index contributed by atoms with van der Waals surface area (Å²) in [5.41, 5.74) is 7.85. The number of ether oxygens (including phenoxy) is 2. The van der Waals surface area contributed by atoms with Crippen LogP contribution in [0.4, 0.5) is 5.69 Å². The van der Waals surface area contributed by atoms with Crippen molar-refractivity contribution in [3.63, 3.8) is 0 Å². The summed E-state index contributed by atoms with van der Waals surface area (Å²) in [5.74, 6) is 1.25. The van der Waals surface area contributed by atoms with E-state index in [4.69, 9.17) is 19.6 Å². The quantitative estimate of drug-likeness (QED) is 0.316. The highest BCUT2D eigenvalue weighted by Gasteiger charge is 2.20. The maximum absolute atomic E-state index is 12.5. The van der Waals surface area contributed by atoms with Crippen molar-refractivity contribution >= 4 is 27.4 Å². The van der Waals surface area contributed by atoms with Gasteiger partial charge in [-0.05, 0) is 29.8 Å². The molecule has 0 unspecified atom stereocenters. The molecule has 0 bridgehead atoms. The van der Waals surface area contributed by atoms with E-state index in [0.29, 0.717) is 28.0 Å². The number of para-hydroxylation sites is 1. The van der Waals surface area contributed by atoms with Gasteiger partial charge in [-0.3, -0.25) is 0 Å². The van der Waals surface area contributed by atoms with Gasteiger partial charge in [-0.1, -0.05) is 24.3 Å². The van der Waals surface area contributed by atoms with Gasteiger partial charge >= 0.3 is 5.63 Å². The first kappa shape index (κ1) is 15.3. The van der Waals surface area contributed by atoms with Crippen molar-refractivity contribution in [3.05, 3.63) is 64.5 Å². The molecular weight excluding hydrogens is 344 g/mol. The first-order valence-corrected chi connectivity index (χ1v) is 8.25. The summed E-state index contributed by atoms with van der Waals surface area (Å²) in [6.45, 7) is 0.162. The fourth-order valence-electron chi connectivity index (χ4n) is 3.48. The number of nitrogens with two attached hydrogens (primary N) is 1. The minimum Gasteiger partial charge on any atom is -0.454 e. The predicted molar refractivity (Wildman–Crippen MR) is 101 cm³/mol. The van der Waals surface area contributed by atoms with Gasteiger partial charge in [0.1, 0.15) is 11.7 Å². The fourth-order valence-corrected chi connectivity index (χ4v) is 3.48. The summed E-state index contributed by atoms with van der Waals surface area (Å²) in [6.07, 6.45) is 0. The Labute approximate surface area is 153 Å². The van der Waals surface area contributed by atoms with Crippen molar-refractivity contribution in [2.45, 2.75) is 0 Å². The van der Waals surface area contributed by atoms with Gasteiger partial charge in [0.2, 0.25) is 6.79 Å². The van der Waals surface area contributed by atoms with Crippen molar-refractivity contribution in [3.8, 4) is 28.7 Å². The number of anilines is 1. The zero-order chi connectivity index (χ0) is 18.5. The van der Waals surface area contributed by atoms with Gasteiger partial charge in [0.25, 0.3) is 0 Å². The highest BCUT2D eigenvalue weighted by Crippen LogP contribution is 2.40. The molecule has 2 heterocycles. The molecule has 0 fully saturated rings. The van der Waals surface area contributed by atoms with Crippen LogP contribution in [0.5, 0.6) is 11.5 Å². The Hall–Kier alpha value is -3.98. The van der Waals surface area contributed by atoms with Crippen LogP contribution in [-0.2, 0) is 0 Å². The van der Waals surface area contributed by atoms with Crippen molar-refractivity contribution in [2.75, 3.05) is 12.5 Å². The van der Waals surface area contributed by atoms with Gasteiger partial charge in [0, 0.05) is 16.3 Å². The Morgan fingerprint density at radius 2 is 1.81 bits per heavy atom. The Morgan fingerprint density at radius 1 is 1.00 bits per heavy atom. The molecule has 0 radical (unpaired) electrons. The highest BCUT2D eigenvalue weighted by molar-refractivity contribution is 6.11. The van der Waals surface area contributed by atoms with Gasteiger partial charge in [0.05, 0.1) is 16.6 Å². The number of hydrogen-bond donors (Lipinski definition) is 1. The van der Waals surface area contributed by atoms with Crippen LogP contribution in [0.15, 0.2) is 57.7 Å². The maximum Gasteiger partial charge on any atom is 0.346 e. The van der Waals surface area contributed by atoms with E-state index in [1.54, 1.807) is 30.3 Å². The van der Waals surface area contributed by atoms with Crippen LogP contribution < -0.4 is 20.8 Å². The van der Waals surface area contributed by atoms with Crippen LogP contribution >= 0.6 is 0 Å². The summed E-state index contributed by atoms with van der Waals surface area (Å²) < 4.78 is 16.2. The molecule has 0 aliphatic carbocycles. The standard InChI is InChI=1S/C21H12N2O4/c22-9-15-13(11-5-6-17-18(7-11)26-10-25-17)8-14-12-3-1-2-4-16(12)27-21(24)19(14)20(15)23/h1-8H,10,23H2. The second kappa shape index (κ2) is 5.51. The Bertz CT molecular complexity index is 1350. The molecule has 0 amide bonds. The Kier molecular flexibility index (Phi) is 3.12. The molecule has 6 nitrogen and oxygen atoms in total. The smallest absolute Gasteiger partial charge is 0.346 e. The van der Waals surface area contributed by atoms with E-state index in [0.717, 1.165) is 10.9 Å². The SMILES string of the molecule is N#Cc1c(-c2ccc3c(c2)OCO3)cc2c(c1N)c(=O)oc1ccccc12. The zero-order valence-corrected chi connectivity index (χ0v) is 14.0. The van der Waals surface area contributed by atoms with E-state index in [1.165, 1.54) is 0 Å². The molecular formula is C21H12N2O4. The number of rotatable bonds is 1. The number of benzene rings is 3. The highest BCUT2D eigenvalue weighted by atomic mass is 16.7. The van der Waals surface area contributed by atoms with E-state index in [9.17, 15) is 10.1 Å². The Morgan fingerprint density at radius 3 is 2.67 bits per heavy atom. The lowest BCUT2D eigenvalue weighted by Gasteiger charge is -2.12. The number of nitrogens with zero attached hydrogens (tertiary/aromatic N) is 1. The number of fused-ring (bicyclic) bond motifs is 4. The van der Waals surface area contributed by atoms with Crippen LogP contribution in [0.2, 0.25) is 0 Å². The van der Waals surface area contributed by atoms with E-state index in [1.807, 2.05) is 18.2 Å². The molecule has 1 aliphatic rings. The molecule has 130 valence electrons. The molecule has 3 aromatic carbocycles. The summed E-state index contributed by atoms with van der Waals surface area (Å²) in [5, 5.41) is 11.3. The number of nitrogen functional groups attached to an aromatic ring is 1. The first-order chi connectivity index (χ1) is 13.2. The van der Waals surface area contributed by atoms with E-state index in [2.05, 4.69) is 6.07 Å². The van der Waals surface area contributed by atoms with E-state index >= 15 is 0 Å². The zero-order valence-electron chi connectivity index (χ0n) is 14.0. The van der Waals surface area contributed by atoms with Crippen LogP contribution in [0.1, 0.15) is 5.56 Å². The van der Waals surface area contributed by atoms with Gasteiger partial charge in [-0.25, -0.2) is 4.79 Å². The molecule has 2 N–H and O–H groups in total. The molecule has 0 spiro atoms. The minimum absolute atomic E-state index is 0.113. The van der Waals surface area contributed by atoms with Crippen molar-refractivity contribution in [1.29, 1.82) is 5.26 Å². The minimum atomic E-state index is -0.560. The molecule has 27 heavy (non-hydrogen) atoms. The van der Waals surface area contributed by atoms with Crippen LogP contribution in [0, 0.1) is 11.3 Å². The molecule has 1 aliphatic heterocycles. The largest absolute Gasteiger partial charge is 0.454 e. The summed E-state index contributed by atoms with van der Waals surface area (Å²) in [7, 11) is 0. The molecule has 0 saturated heterocycles. The summed E-state index contributed by atoms with van der Waals surface area (Å²) >= 11 is 0. The predicted octanol–water partition coefficient (Wildman–Crippen LogP) is 3.80. The molecule has 1 aromatic heterocycles. The van der Waals surface area contributed by atoms with Gasteiger partial charge in [-0.2, -0.15) is 5.26 Å². The first-order valence-electron chi connectivity index (χ1n) is 8.25. The monoisotopic (exact) mass is 356 g/mol. The average Bonchev–Trinajstić information content (AvgIpc) is 3.15. The topological polar surface area (TPSA) is 98.5 Å². The molecule has 4 aromatic rings. The van der Waals surface area contributed by atoms with Gasteiger partial charge in [0.15, 0.2) is 11.5 Å². The number of hydrogen-bond acceptors (Lipinski definition) is 6. The van der Waals surface area contributed by atoms with Crippen LogP contribution in [0.25, 0.3) is 32.9 Å². The second-order valence-electron chi connectivity index (χ2n) is 6.20. The molecule has 5 rings (SSSR count). The number of nitriles is 1. The van der Waals surface area contributed by atoms with E-state index < -0.39 is 5.63 Å². The third-order valence-corrected chi connectivity index (χ3v) is 4.75. The average molecular weight is 356 g/mol. The summed E-state index contributed by atoms with van der Waals surface area (Å²) in [6, 6.07) is 16.6. The third-order valence-electron chi connectivity index (χ3n) is 4.75. The van der Waals surface area contributed by atoms with Gasteiger partial charge in [-0.15, -0.1) is 0 Å². The lowest BCUT2D eigenvalue weighted by molar-refractivity contribution is 0.174. The fraction of sp³-hybridized carbons (Fsp3) is 0.0476. The second-order valence-corrected chi connectivity index (χ2v) is 6.20. The third kappa shape index (κ3) is 2.15. The van der Waals surface area contributed by atoms with Gasteiger partial charge < -0.3 is 19.6 Å².